The molecule has 0 amide bonds. The SMILES string of the molecule is CC(=O)OC1CCC2(C)C(CCC3C2CCC2(C)C3CC3OC(CCC(C)CI)C(C)C32)C1. The van der Waals surface area contributed by atoms with Crippen molar-refractivity contribution in [3.05, 3.63) is 0 Å². The van der Waals surface area contributed by atoms with Crippen molar-refractivity contribution in [2.24, 2.45) is 52.3 Å². The van der Waals surface area contributed by atoms with E-state index in [9.17, 15) is 4.79 Å². The average molecular weight is 571 g/mol. The van der Waals surface area contributed by atoms with Crippen LogP contribution >= 0.6 is 22.6 Å². The molecule has 0 spiro atoms. The van der Waals surface area contributed by atoms with Gasteiger partial charge in [0.25, 0.3) is 0 Å². The quantitative estimate of drug-likeness (QED) is 0.196. The van der Waals surface area contributed by atoms with E-state index >= 15 is 0 Å². The maximum absolute atomic E-state index is 11.5. The van der Waals surface area contributed by atoms with Crippen molar-refractivity contribution in [3.63, 3.8) is 0 Å². The molecule has 5 fully saturated rings. The van der Waals surface area contributed by atoms with E-state index < -0.39 is 0 Å². The van der Waals surface area contributed by atoms with Crippen LogP contribution in [0.4, 0.5) is 0 Å². The zero-order valence-electron chi connectivity index (χ0n) is 21.7. The molecule has 4 saturated carbocycles. The predicted molar refractivity (Wildman–Crippen MR) is 141 cm³/mol. The summed E-state index contributed by atoms with van der Waals surface area (Å²) >= 11 is 2.53. The van der Waals surface area contributed by atoms with Crippen LogP contribution in [0.2, 0.25) is 0 Å². The van der Waals surface area contributed by atoms with E-state index in [0.717, 1.165) is 48.3 Å². The number of carbonyl (C=O) groups excluding carboxylic acids is 1. The average Bonchev–Trinajstić information content (AvgIpc) is 3.25. The van der Waals surface area contributed by atoms with Crippen molar-refractivity contribution in [2.45, 2.75) is 117 Å². The van der Waals surface area contributed by atoms with E-state index in [4.69, 9.17) is 9.47 Å². The van der Waals surface area contributed by atoms with Crippen LogP contribution < -0.4 is 0 Å². The summed E-state index contributed by atoms with van der Waals surface area (Å²) in [4.78, 5) is 11.5. The lowest BCUT2D eigenvalue weighted by Crippen LogP contribution is -2.54. The first-order chi connectivity index (χ1) is 15.7. The molecule has 1 saturated heterocycles. The van der Waals surface area contributed by atoms with Gasteiger partial charge in [0.2, 0.25) is 0 Å². The van der Waals surface area contributed by atoms with Crippen LogP contribution in [0.25, 0.3) is 0 Å². The highest BCUT2D eigenvalue weighted by molar-refractivity contribution is 14.1. The minimum absolute atomic E-state index is 0.0978. The Morgan fingerprint density at radius 3 is 2.58 bits per heavy atom. The third kappa shape index (κ3) is 4.13. The standard InChI is InChI=1S/C29H47IO3/c1-17(16-30)6-9-25-18(2)27-26(33-25)15-24-22-8-7-20-14-21(32-19(3)31)10-12-28(20,4)23(22)11-13-29(24,27)5/h17-18,20-27H,6-16H2,1-5H3. The van der Waals surface area contributed by atoms with Crippen molar-refractivity contribution in [2.75, 3.05) is 4.43 Å². The van der Waals surface area contributed by atoms with Crippen LogP contribution in [-0.4, -0.2) is 28.7 Å². The molecule has 12 unspecified atom stereocenters. The van der Waals surface area contributed by atoms with Crippen LogP contribution in [0.1, 0.15) is 98.8 Å². The first-order valence-corrected chi connectivity index (χ1v) is 15.6. The highest BCUT2D eigenvalue weighted by Crippen LogP contribution is 2.70. The Morgan fingerprint density at radius 1 is 1.09 bits per heavy atom. The Morgan fingerprint density at radius 2 is 1.85 bits per heavy atom. The Labute approximate surface area is 216 Å². The van der Waals surface area contributed by atoms with E-state index in [1.807, 2.05) is 0 Å². The Bertz CT molecular complexity index is 740. The van der Waals surface area contributed by atoms with Gasteiger partial charge in [-0.05, 0) is 116 Å². The number of hydrogen-bond donors (Lipinski definition) is 0. The summed E-state index contributed by atoms with van der Waals surface area (Å²) in [5.41, 5.74) is 0.927. The molecule has 12 atom stereocenters. The molecule has 1 aliphatic heterocycles. The number of hydrogen-bond acceptors (Lipinski definition) is 3. The second kappa shape index (κ2) is 9.23. The summed E-state index contributed by atoms with van der Waals surface area (Å²) in [7, 11) is 0. The van der Waals surface area contributed by atoms with Crippen LogP contribution in [0.5, 0.6) is 0 Å². The van der Waals surface area contributed by atoms with E-state index in [2.05, 4.69) is 50.3 Å². The number of esters is 1. The van der Waals surface area contributed by atoms with Gasteiger partial charge >= 0.3 is 5.97 Å². The van der Waals surface area contributed by atoms with E-state index in [-0.39, 0.29) is 12.1 Å². The maximum atomic E-state index is 11.5. The summed E-state index contributed by atoms with van der Waals surface area (Å²) < 4.78 is 13.8. The van der Waals surface area contributed by atoms with Crippen LogP contribution in [0, 0.1) is 52.3 Å². The van der Waals surface area contributed by atoms with Crippen LogP contribution in [-0.2, 0) is 14.3 Å². The summed E-state index contributed by atoms with van der Waals surface area (Å²) in [6.07, 6.45) is 14.0. The molecule has 5 rings (SSSR count). The molecule has 0 bridgehead atoms. The van der Waals surface area contributed by atoms with Gasteiger partial charge in [-0.25, -0.2) is 0 Å². The molecule has 5 aliphatic rings. The smallest absolute Gasteiger partial charge is 0.302 e. The maximum Gasteiger partial charge on any atom is 0.302 e. The summed E-state index contributed by atoms with van der Waals surface area (Å²) in [6.45, 7) is 11.8. The second-order valence-corrected chi connectivity index (χ2v) is 14.3. The molecule has 3 nitrogen and oxygen atoms in total. The molecular weight excluding hydrogens is 523 g/mol. The van der Waals surface area contributed by atoms with Crippen LogP contribution in [0.15, 0.2) is 0 Å². The molecule has 4 heteroatoms. The lowest BCUT2D eigenvalue weighted by molar-refractivity contribution is -0.160. The Balaban J connectivity index is 1.29. The topological polar surface area (TPSA) is 35.5 Å². The van der Waals surface area contributed by atoms with E-state index in [0.29, 0.717) is 29.0 Å². The number of halogens is 1. The normalized spacial score (nSPS) is 51.8. The third-order valence-electron chi connectivity index (χ3n) is 11.7. The lowest BCUT2D eigenvalue weighted by atomic mass is 9.44. The second-order valence-electron chi connectivity index (χ2n) is 13.4. The van der Waals surface area contributed by atoms with Crippen LogP contribution in [0.3, 0.4) is 0 Å². The highest BCUT2D eigenvalue weighted by Gasteiger charge is 2.65. The number of carbonyl (C=O) groups is 1. The Hall–Kier alpha value is 0.160. The molecule has 33 heavy (non-hydrogen) atoms. The van der Waals surface area contributed by atoms with Crippen molar-refractivity contribution in [1.29, 1.82) is 0 Å². The summed E-state index contributed by atoms with van der Waals surface area (Å²) in [6, 6.07) is 0. The van der Waals surface area contributed by atoms with E-state index in [1.54, 1.807) is 6.92 Å². The summed E-state index contributed by atoms with van der Waals surface area (Å²) in [5.74, 6) is 5.54. The fourth-order valence-electron chi connectivity index (χ4n) is 10.1. The summed E-state index contributed by atoms with van der Waals surface area (Å²) in [5, 5.41) is 0. The van der Waals surface area contributed by atoms with Crippen molar-refractivity contribution >= 4 is 28.6 Å². The molecule has 0 aromatic rings. The zero-order valence-corrected chi connectivity index (χ0v) is 23.8. The van der Waals surface area contributed by atoms with Gasteiger partial charge in [-0.2, -0.15) is 0 Å². The molecule has 0 aromatic carbocycles. The predicted octanol–water partition coefficient (Wildman–Crippen LogP) is 7.44. The largest absolute Gasteiger partial charge is 0.463 e. The molecule has 188 valence electrons. The minimum atomic E-state index is -0.0978. The Kier molecular flexibility index (Phi) is 6.95. The fraction of sp³-hybridized carbons (Fsp3) is 0.966. The number of alkyl halides is 1. The van der Waals surface area contributed by atoms with Gasteiger partial charge in [0, 0.05) is 11.4 Å². The van der Waals surface area contributed by atoms with Gasteiger partial charge in [0.15, 0.2) is 0 Å². The zero-order chi connectivity index (χ0) is 23.5. The minimum Gasteiger partial charge on any atom is -0.463 e. The van der Waals surface area contributed by atoms with E-state index in [1.165, 1.54) is 55.8 Å². The first kappa shape index (κ1) is 24.8. The number of ether oxygens (including phenoxy) is 2. The van der Waals surface area contributed by atoms with Gasteiger partial charge in [0.05, 0.1) is 12.2 Å². The van der Waals surface area contributed by atoms with Crippen molar-refractivity contribution in [1.82, 2.24) is 0 Å². The molecular formula is C29H47IO3. The fourth-order valence-corrected chi connectivity index (χ4v) is 10.5. The molecule has 4 aliphatic carbocycles. The van der Waals surface area contributed by atoms with Gasteiger partial charge in [-0.1, -0.05) is 50.3 Å². The van der Waals surface area contributed by atoms with Crippen molar-refractivity contribution in [3.8, 4) is 0 Å². The highest BCUT2D eigenvalue weighted by atomic mass is 127. The number of rotatable bonds is 5. The number of fused-ring (bicyclic) bond motifs is 7. The monoisotopic (exact) mass is 570 g/mol. The van der Waals surface area contributed by atoms with Crippen molar-refractivity contribution < 1.29 is 14.3 Å². The molecule has 1 heterocycles. The molecule has 0 radical (unpaired) electrons. The molecule has 0 N–H and O–H groups in total. The first-order valence-electron chi connectivity index (χ1n) is 14.1. The van der Waals surface area contributed by atoms with Gasteiger partial charge in [-0.15, -0.1) is 0 Å². The van der Waals surface area contributed by atoms with Gasteiger partial charge in [0.1, 0.15) is 6.10 Å². The lowest BCUT2D eigenvalue weighted by Gasteiger charge is -2.61. The third-order valence-corrected chi connectivity index (χ3v) is 13.2. The van der Waals surface area contributed by atoms with Gasteiger partial charge in [-0.3, -0.25) is 4.79 Å². The molecule has 0 aromatic heterocycles. The van der Waals surface area contributed by atoms with Gasteiger partial charge < -0.3 is 9.47 Å².